The first-order valence-corrected chi connectivity index (χ1v) is 5.94. The second kappa shape index (κ2) is 6.36. The molecule has 0 saturated carbocycles. The summed E-state index contributed by atoms with van der Waals surface area (Å²) in [5.41, 5.74) is 6.36. The Bertz CT molecular complexity index is 464. The van der Waals surface area contributed by atoms with Gasteiger partial charge in [-0.25, -0.2) is 4.79 Å². The van der Waals surface area contributed by atoms with Crippen molar-refractivity contribution in [1.29, 1.82) is 0 Å². The van der Waals surface area contributed by atoms with Crippen LogP contribution in [0.25, 0.3) is 0 Å². The van der Waals surface area contributed by atoms with Crippen molar-refractivity contribution in [3.05, 3.63) is 28.2 Å². The van der Waals surface area contributed by atoms with Gasteiger partial charge in [-0.1, -0.05) is 0 Å². The van der Waals surface area contributed by atoms with E-state index in [-0.39, 0.29) is 13.0 Å². The molecule has 0 heterocycles. The molecule has 0 unspecified atom stereocenters. The number of nitrogens with one attached hydrogen (secondary N) is 1. The van der Waals surface area contributed by atoms with E-state index in [9.17, 15) is 9.59 Å². The number of benzene rings is 1. The van der Waals surface area contributed by atoms with Crippen LogP contribution in [0, 0.1) is 0 Å². The van der Waals surface area contributed by atoms with Crippen LogP contribution in [-0.4, -0.2) is 34.7 Å². The summed E-state index contributed by atoms with van der Waals surface area (Å²) in [5.74, 6) is -1.72. The van der Waals surface area contributed by atoms with Crippen molar-refractivity contribution >= 4 is 33.5 Å². The fraction of sp³-hybridized carbons (Fsp3) is 0.273. The van der Waals surface area contributed by atoms with E-state index in [0.29, 0.717) is 15.7 Å². The third kappa shape index (κ3) is 3.71. The highest BCUT2D eigenvalue weighted by Gasteiger charge is 2.20. The highest BCUT2D eigenvalue weighted by atomic mass is 79.9. The topological polar surface area (TPSA) is 113 Å². The number of hydrogen-bond acceptors (Lipinski definition) is 4. The number of anilines is 1. The third-order valence-corrected chi connectivity index (χ3v) is 2.97. The van der Waals surface area contributed by atoms with Gasteiger partial charge in [0, 0.05) is 28.8 Å². The summed E-state index contributed by atoms with van der Waals surface area (Å²) in [6.07, 6.45) is -0.0444. The number of hydrogen-bond donors (Lipinski definition) is 4. The molecule has 0 aliphatic rings. The molecule has 0 aromatic heterocycles. The zero-order valence-corrected chi connectivity index (χ0v) is 11.0. The largest absolute Gasteiger partial charge is 0.480 e. The molecule has 1 aromatic rings. The van der Waals surface area contributed by atoms with Crippen LogP contribution >= 0.6 is 15.9 Å². The number of carbonyl (C=O) groups is 2. The molecule has 7 heteroatoms. The molecular formula is C11H13BrN2O4. The van der Waals surface area contributed by atoms with Gasteiger partial charge in [-0.2, -0.15) is 0 Å². The Hall–Kier alpha value is -1.60. The van der Waals surface area contributed by atoms with Crippen molar-refractivity contribution in [2.75, 3.05) is 12.3 Å². The van der Waals surface area contributed by atoms with E-state index >= 15 is 0 Å². The number of nitrogens with two attached hydrogens (primary N) is 1. The Kier molecular flexibility index (Phi) is 5.11. The highest BCUT2D eigenvalue weighted by molar-refractivity contribution is 9.10. The minimum atomic E-state index is -1.19. The Labute approximate surface area is 112 Å². The number of nitrogen functional groups attached to an aromatic ring is 1. The monoisotopic (exact) mass is 316 g/mol. The molecule has 1 atom stereocenters. The molecule has 0 aliphatic heterocycles. The van der Waals surface area contributed by atoms with E-state index in [1.165, 1.54) is 12.1 Å². The minimum Gasteiger partial charge on any atom is -0.480 e. The van der Waals surface area contributed by atoms with E-state index in [2.05, 4.69) is 21.2 Å². The lowest BCUT2D eigenvalue weighted by atomic mass is 10.1. The van der Waals surface area contributed by atoms with Gasteiger partial charge in [-0.05, 0) is 34.1 Å². The molecule has 1 amide bonds. The molecule has 98 valence electrons. The maximum Gasteiger partial charge on any atom is 0.326 e. The summed E-state index contributed by atoms with van der Waals surface area (Å²) in [6, 6.07) is 3.43. The summed E-state index contributed by atoms with van der Waals surface area (Å²) in [6.45, 7) is -0.317. The van der Waals surface area contributed by atoms with Gasteiger partial charge in [-0.3, -0.25) is 4.79 Å². The molecule has 18 heavy (non-hydrogen) atoms. The number of amides is 1. The van der Waals surface area contributed by atoms with Crippen molar-refractivity contribution in [1.82, 2.24) is 5.32 Å². The predicted molar refractivity (Wildman–Crippen MR) is 69.1 cm³/mol. The average molecular weight is 317 g/mol. The van der Waals surface area contributed by atoms with Crippen molar-refractivity contribution in [2.24, 2.45) is 0 Å². The van der Waals surface area contributed by atoms with Gasteiger partial charge in [0.15, 0.2) is 0 Å². The summed E-state index contributed by atoms with van der Waals surface area (Å²) in [5, 5.41) is 19.9. The molecule has 0 aliphatic carbocycles. The molecule has 0 saturated heterocycles. The number of aliphatic hydroxyl groups excluding tert-OH is 1. The number of rotatable bonds is 5. The molecule has 6 nitrogen and oxygen atoms in total. The fourth-order valence-corrected chi connectivity index (χ4v) is 1.68. The quantitative estimate of drug-likeness (QED) is 0.594. The molecule has 1 aromatic carbocycles. The number of aliphatic carboxylic acids is 1. The first kappa shape index (κ1) is 14.5. The van der Waals surface area contributed by atoms with Crippen molar-refractivity contribution < 1.29 is 19.8 Å². The van der Waals surface area contributed by atoms with E-state index in [4.69, 9.17) is 15.9 Å². The van der Waals surface area contributed by atoms with Crippen LogP contribution in [0.1, 0.15) is 16.8 Å². The zero-order valence-electron chi connectivity index (χ0n) is 9.39. The maximum atomic E-state index is 11.8. The molecular weight excluding hydrogens is 304 g/mol. The smallest absolute Gasteiger partial charge is 0.326 e. The first-order chi connectivity index (χ1) is 8.45. The van der Waals surface area contributed by atoms with Gasteiger partial charge >= 0.3 is 5.97 Å². The van der Waals surface area contributed by atoms with E-state index < -0.39 is 17.9 Å². The second-order valence-electron chi connectivity index (χ2n) is 3.61. The van der Waals surface area contributed by atoms with Gasteiger partial charge in [0.2, 0.25) is 0 Å². The van der Waals surface area contributed by atoms with E-state index in [1.807, 2.05) is 0 Å². The van der Waals surface area contributed by atoms with Gasteiger partial charge < -0.3 is 21.3 Å². The molecule has 0 bridgehead atoms. The fourth-order valence-electron chi connectivity index (χ4n) is 1.30. The van der Waals surface area contributed by atoms with Crippen LogP contribution in [0.3, 0.4) is 0 Å². The van der Waals surface area contributed by atoms with Crippen LogP contribution in [-0.2, 0) is 4.79 Å². The SMILES string of the molecule is Nc1ccc(C(=O)N[C@H](CCO)C(=O)O)cc1Br. The van der Waals surface area contributed by atoms with Gasteiger partial charge in [-0.15, -0.1) is 0 Å². The van der Waals surface area contributed by atoms with Crippen LogP contribution < -0.4 is 11.1 Å². The molecule has 5 N–H and O–H groups in total. The maximum absolute atomic E-state index is 11.8. The Morgan fingerprint density at radius 3 is 2.61 bits per heavy atom. The summed E-state index contributed by atoms with van der Waals surface area (Å²) < 4.78 is 0.559. The summed E-state index contributed by atoms with van der Waals surface area (Å²) >= 11 is 3.18. The number of aliphatic hydroxyl groups is 1. The Balaban J connectivity index is 2.80. The standard InChI is InChI=1S/C11H13BrN2O4/c12-7-5-6(1-2-8(7)13)10(16)14-9(3-4-15)11(17)18/h1-2,5,9,15H,3-4,13H2,(H,14,16)(H,17,18)/t9-/m1/s1. The van der Waals surface area contributed by atoms with E-state index in [1.54, 1.807) is 6.07 Å². The normalized spacial score (nSPS) is 11.9. The average Bonchev–Trinajstić information content (AvgIpc) is 2.31. The lowest BCUT2D eigenvalue weighted by Crippen LogP contribution is -2.41. The summed E-state index contributed by atoms with van der Waals surface area (Å²) in [4.78, 5) is 22.6. The van der Waals surface area contributed by atoms with Crippen LogP contribution in [0.5, 0.6) is 0 Å². The molecule has 0 radical (unpaired) electrons. The molecule has 1 rings (SSSR count). The number of carboxylic acid groups (broad SMARTS) is 1. The van der Waals surface area contributed by atoms with Crippen LogP contribution in [0.2, 0.25) is 0 Å². The lowest BCUT2D eigenvalue weighted by molar-refractivity contribution is -0.139. The Morgan fingerprint density at radius 2 is 2.11 bits per heavy atom. The third-order valence-electron chi connectivity index (χ3n) is 2.28. The highest BCUT2D eigenvalue weighted by Crippen LogP contribution is 2.20. The zero-order chi connectivity index (χ0) is 13.7. The van der Waals surface area contributed by atoms with Gasteiger partial charge in [0.1, 0.15) is 6.04 Å². The van der Waals surface area contributed by atoms with Gasteiger partial charge in [0.25, 0.3) is 5.91 Å². The first-order valence-electron chi connectivity index (χ1n) is 5.15. The van der Waals surface area contributed by atoms with Crippen LogP contribution in [0.15, 0.2) is 22.7 Å². The van der Waals surface area contributed by atoms with Crippen molar-refractivity contribution in [3.8, 4) is 0 Å². The molecule has 0 spiro atoms. The minimum absolute atomic E-state index is 0.0444. The second-order valence-corrected chi connectivity index (χ2v) is 4.47. The number of carboxylic acids is 1. The Morgan fingerprint density at radius 1 is 1.44 bits per heavy atom. The number of halogens is 1. The lowest BCUT2D eigenvalue weighted by Gasteiger charge is -2.13. The molecule has 0 fully saturated rings. The summed E-state index contributed by atoms with van der Waals surface area (Å²) in [7, 11) is 0. The van der Waals surface area contributed by atoms with Crippen molar-refractivity contribution in [2.45, 2.75) is 12.5 Å². The van der Waals surface area contributed by atoms with E-state index in [0.717, 1.165) is 0 Å². The van der Waals surface area contributed by atoms with Gasteiger partial charge in [0.05, 0.1) is 0 Å². The van der Waals surface area contributed by atoms with Crippen molar-refractivity contribution in [3.63, 3.8) is 0 Å². The number of carbonyl (C=O) groups excluding carboxylic acids is 1. The predicted octanol–water partition coefficient (Wildman–Crippen LogP) is 0.597. The van der Waals surface area contributed by atoms with Crippen LogP contribution in [0.4, 0.5) is 5.69 Å².